The summed E-state index contributed by atoms with van der Waals surface area (Å²) in [6, 6.07) is 11.5. The Bertz CT molecular complexity index is 2910. The van der Waals surface area contributed by atoms with Crippen molar-refractivity contribution >= 4 is 75.9 Å². The quantitative estimate of drug-likeness (QED) is 0.0294. The van der Waals surface area contributed by atoms with Crippen LogP contribution in [0.25, 0.3) is 0 Å². The molecule has 0 fully saturated rings. The summed E-state index contributed by atoms with van der Waals surface area (Å²) in [6.07, 6.45) is 4.56. The van der Waals surface area contributed by atoms with E-state index in [-0.39, 0.29) is 82.5 Å². The van der Waals surface area contributed by atoms with E-state index in [4.69, 9.17) is 42.9 Å². The van der Waals surface area contributed by atoms with E-state index in [1.807, 2.05) is 0 Å². The number of carbonyl (C=O) groups is 9. The van der Waals surface area contributed by atoms with Crippen LogP contribution >= 0.6 is 0 Å². The summed E-state index contributed by atoms with van der Waals surface area (Å²) in [4.78, 5) is 121. The summed E-state index contributed by atoms with van der Waals surface area (Å²) in [5.74, 6) is -6.96. The molecule has 25 nitrogen and oxygen atoms in total. The summed E-state index contributed by atoms with van der Waals surface area (Å²) in [6.45, 7) is 2.59. The SMILES string of the molecule is COc1ccc(NC(=O)[C@H](CCCCN)NC(=O)c2cc(NC(=O)[C@H](CCCCN)NC(=O)c3cc(NC(=O)[C@H](CCCCN)NC(=O)c4cc(NC(=O)[C@H](CCCCN)NC(C)=O)ccc4OC)ccc3OC)ccc2F)cc1C(N)=O. The molecule has 9 amide bonds. The highest BCUT2D eigenvalue weighted by Crippen LogP contribution is 2.27. The Labute approximate surface area is 481 Å². The third kappa shape index (κ3) is 21.0. The molecular formula is C57H78FN13O12. The molecule has 18 N–H and O–H groups in total. The molecule has 0 spiro atoms. The average Bonchev–Trinajstić information content (AvgIpc) is 3.60. The lowest BCUT2D eigenvalue weighted by Crippen LogP contribution is -2.44. The number of unbranched alkanes of at least 4 members (excludes halogenated alkanes) is 4. The smallest absolute Gasteiger partial charge is 0.255 e. The van der Waals surface area contributed by atoms with Gasteiger partial charge in [0.1, 0.15) is 47.2 Å². The molecule has 450 valence electrons. The number of ether oxygens (including phenoxy) is 3. The summed E-state index contributed by atoms with van der Waals surface area (Å²) in [7, 11) is 4.01. The fourth-order valence-electron chi connectivity index (χ4n) is 8.60. The van der Waals surface area contributed by atoms with Gasteiger partial charge in [-0.25, -0.2) is 4.39 Å². The number of nitrogens with two attached hydrogens (primary N) is 5. The second-order valence-corrected chi connectivity index (χ2v) is 19.2. The fourth-order valence-corrected chi connectivity index (χ4v) is 8.60. The Hall–Kier alpha value is -8.72. The molecular weight excluding hydrogens is 1080 g/mol. The minimum atomic E-state index is -1.24. The Morgan fingerprint density at radius 2 is 0.687 bits per heavy atom. The van der Waals surface area contributed by atoms with Crippen LogP contribution in [0.5, 0.6) is 17.2 Å². The topological polar surface area (TPSA) is 408 Å². The van der Waals surface area contributed by atoms with Gasteiger partial charge in [-0.05, 0) is 176 Å². The number of methoxy groups -OCH3 is 3. The first kappa shape index (κ1) is 66.8. The van der Waals surface area contributed by atoms with E-state index < -0.39 is 88.7 Å². The largest absolute Gasteiger partial charge is 0.496 e. The van der Waals surface area contributed by atoms with Gasteiger partial charge in [0, 0.05) is 29.7 Å². The van der Waals surface area contributed by atoms with Crippen molar-refractivity contribution in [1.29, 1.82) is 0 Å². The minimum Gasteiger partial charge on any atom is -0.496 e. The van der Waals surface area contributed by atoms with Gasteiger partial charge in [0.05, 0.1) is 43.6 Å². The first-order chi connectivity index (χ1) is 39.8. The van der Waals surface area contributed by atoms with E-state index in [1.165, 1.54) is 88.9 Å². The maximum atomic E-state index is 15.5. The number of halogens is 1. The molecule has 0 aliphatic carbocycles. The number of nitrogens with one attached hydrogen (secondary N) is 8. The van der Waals surface area contributed by atoms with Crippen molar-refractivity contribution in [3.05, 3.63) is 101 Å². The van der Waals surface area contributed by atoms with Gasteiger partial charge in [-0.1, -0.05) is 0 Å². The maximum absolute atomic E-state index is 15.5. The summed E-state index contributed by atoms with van der Waals surface area (Å²) >= 11 is 0. The Morgan fingerprint density at radius 3 is 0.988 bits per heavy atom. The Morgan fingerprint density at radius 1 is 0.410 bits per heavy atom. The van der Waals surface area contributed by atoms with Crippen LogP contribution in [0, 0.1) is 5.82 Å². The van der Waals surface area contributed by atoms with Crippen LogP contribution in [0.3, 0.4) is 0 Å². The van der Waals surface area contributed by atoms with E-state index in [0.717, 1.165) is 12.1 Å². The highest BCUT2D eigenvalue weighted by atomic mass is 19.1. The van der Waals surface area contributed by atoms with E-state index in [1.54, 1.807) is 0 Å². The van der Waals surface area contributed by atoms with Crippen LogP contribution in [0.4, 0.5) is 27.1 Å². The molecule has 0 aliphatic heterocycles. The van der Waals surface area contributed by atoms with Crippen LogP contribution in [0.1, 0.15) is 125 Å². The van der Waals surface area contributed by atoms with E-state index >= 15 is 4.39 Å². The number of hydrogen-bond acceptors (Lipinski definition) is 16. The van der Waals surface area contributed by atoms with Crippen LogP contribution in [-0.4, -0.2) is 125 Å². The molecule has 4 aromatic rings. The lowest BCUT2D eigenvalue weighted by Gasteiger charge is -2.21. The molecule has 0 saturated heterocycles. The molecule has 0 heterocycles. The maximum Gasteiger partial charge on any atom is 0.255 e. The van der Waals surface area contributed by atoms with Crippen molar-refractivity contribution in [2.45, 2.75) is 108 Å². The van der Waals surface area contributed by atoms with Crippen molar-refractivity contribution in [3.8, 4) is 17.2 Å². The minimum absolute atomic E-state index is 0.00406. The van der Waals surface area contributed by atoms with Gasteiger partial charge in [0.15, 0.2) is 0 Å². The number of rotatable bonds is 35. The molecule has 83 heavy (non-hydrogen) atoms. The van der Waals surface area contributed by atoms with Gasteiger partial charge in [0.25, 0.3) is 23.6 Å². The molecule has 4 aromatic carbocycles. The Kier molecular flexibility index (Phi) is 27.8. The zero-order valence-electron chi connectivity index (χ0n) is 47.2. The summed E-state index contributed by atoms with van der Waals surface area (Å²) in [5, 5.41) is 21.4. The Balaban J connectivity index is 1.54. The monoisotopic (exact) mass is 1160 g/mol. The normalized spacial score (nSPS) is 12.3. The van der Waals surface area contributed by atoms with Gasteiger partial charge in [0.2, 0.25) is 29.5 Å². The van der Waals surface area contributed by atoms with Gasteiger partial charge in [-0.2, -0.15) is 0 Å². The number of benzene rings is 4. The van der Waals surface area contributed by atoms with Crippen LogP contribution in [0.15, 0.2) is 72.8 Å². The van der Waals surface area contributed by atoms with Gasteiger partial charge < -0.3 is 85.4 Å². The zero-order valence-corrected chi connectivity index (χ0v) is 47.2. The predicted molar refractivity (Wildman–Crippen MR) is 311 cm³/mol. The van der Waals surface area contributed by atoms with Gasteiger partial charge >= 0.3 is 0 Å². The molecule has 0 aliphatic rings. The molecule has 0 bridgehead atoms. The zero-order chi connectivity index (χ0) is 61.0. The number of primary amides is 1. The van der Waals surface area contributed by atoms with Crippen molar-refractivity contribution in [1.82, 2.24) is 21.3 Å². The standard InChI is InChI=1S/C57H78FN13O12/c1-33(72)64-43(13-5-9-25-59)54(77)67-36-19-23-48(82-3)40(31-36)52(75)71-46(16-8-12-28-62)57(80)68-37-20-24-49(83-4)41(32-37)53(76)70-45(15-7-11-27-61)56(79)65-34-17-21-42(58)38(29-34)51(74)69-44(14-6-10-26-60)55(78)66-35-18-22-47(81-2)39(30-35)50(63)73/h17-24,29-32,43-46H,5-16,25-28,59-62H2,1-4H3,(H2,63,73)(H,64,72)(H,65,79)(H,66,78)(H,67,77)(H,68,80)(H,69,74)(H,70,76)(H,71,75)/t43-,44-,45-,46-/m0/s1. The van der Waals surface area contributed by atoms with E-state index in [0.29, 0.717) is 77.4 Å². The van der Waals surface area contributed by atoms with Crippen molar-refractivity contribution in [2.24, 2.45) is 28.7 Å². The second-order valence-electron chi connectivity index (χ2n) is 19.2. The third-order valence-electron chi connectivity index (χ3n) is 13.0. The van der Waals surface area contributed by atoms with E-state index in [9.17, 15) is 43.2 Å². The van der Waals surface area contributed by atoms with Crippen LogP contribution in [0.2, 0.25) is 0 Å². The number of amides is 9. The number of anilines is 4. The third-order valence-corrected chi connectivity index (χ3v) is 13.0. The van der Waals surface area contributed by atoms with E-state index in [2.05, 4.69) is 42.5 Å². The molecule has 0 aromatic heterocycles. The first-order valence-electron chi connectivity index (χ1n) is 27.2. The fraction of sp³-hybridized carbons (Fsp3) is 0.421. The highest BCUT2D eigenvalue weighted by molar-refractivity contribution is 6.07. The predicted octanol–water partition coefficient (Wildman–Crippen LogP) is 3.12. The lowest BCUT2D eigenvalue weighted by atomic mass is 10.1. The van der Waals surface area contributed by atoms with Gasteiger partial charge in [-0.15, -0.1) is 0 Å². The average molecular weight is 1160 g/mol. The summed E-state index contributed by atoms with van der Waals surface area (Å²) < 4.78 is 31.6. The molecule has 4 rings (SSSR count). The molecule has 0 saturated carbocycles. The summed E-state index contributed by atoms with van der Waals surface area (Å²) in [5.41, 5.74) is 28.2. The second kappa shape index (κ2) is 34.5. The molecule has 0 unspecified atom stereocenters. The van der Waals surface area contributed by atoms with Crippen molar-refractivity contribution in [2.75, 3.05) is 68.8 Å². The van der Waals surface area contributed by atoms with Gasteiger partial charge in [-0.3, -0.25) is 43.2 Å². The molecule has 26 heteroatoms. The molecule has 0 radical (unpaired) electrons. The van der Waals surface area contributed by atoms with Crippen LogP contribution < -0.4 is 85.4 Å². The van der Waals surface area contributed by atoms with Crippen molar-refractivity contribution < 1.29 is 61.8 Å². The molecule has 4 atom stereocenters. The van der Waals surface area contributed by atoms with Crippen molar-refractivity contribution in [3.63, 3.8) is 0 Å². The lowest BCUT2D eigenvalue weighted by molar-refractivity contribution is -0.125. The van der Waals surface area contributed by atoms with Crippen LogP contribution in [-0.2, 0) is 24.0 Å². The highest BCUT2D eigenvalue weighted by Gasteiger charge is 2.29. The first-order valence-corrected chi connectivity index (χ1v) is 27.2. The number of carbonyl (C=O) groups excluding carboxylic acids is 9. The number of hydrogen-bond donors (Lipinski definition) is 13.